The fraction of sp³-hybridized carbons (Fsp3) is 0.667. The summed E-state index contributed by atoms with van der Waals surface area (Å²) < 4.78 is 11.4. The molecule has 3 heteroatoms. The van der Waals surface area contributed by atoms with Crippen LogP contribution in [0.15, 0.2) is 24.3 Å². The Morgan fingerprint density at radius 3 is 2.76 bits per heavy atom. The van der Waals surface area contributed by atoms with E-state index >= 15 is 0 Å². The van der Waals surface area contributed by atoms with E-state index in [1.807, 2.05) is 12.1 Å². The lowest BCUT2D eigenvalue weighted by Crippen LogP contribution is -2.21. The van der Waals surface area contributed by atoms with Gasteiger partial charge in [-0.05, 0) is 30.0 Å². The highest BCUT2D eigenvalue weighted by Crippen LogP contribution is 2.29. The van der Waals surface area contributed by atoms with Crippen LogP contribution in [0, 0.1) is 5.92 Å². The predicted octanol–water partition coefficient (Wildman–Crippen LogP) is 3.77. The first-order valence-corrected chi connectivity index (χ1v) is 8.27. The first-order chi connectivity index (χ1) is 10.2. The maximum atomic E-state index is 5.75. The summed E-state index contributed by atoms with van der Waals surface area (Å²) in [6.45, 7) is 7.38. The second-order valence-electron chi connectivity index (χ2n) is 6.23. The van der Waals surface area contributed by atoms with Crippen molar-refractivity contribution in [3.05, 3.63) is 29.8 Å². The first-order valence-electron chi connectivity index (χ1n) is 8.27. The van der Waals surface area contributed by atoms with Gasteiger partial charge in [-0.1, -0.05) is 45.2 Å². The second-order valence-corrected chi connectivity index (χ2v) is 6.23. The van der Waals surface area contributed by atoms with Gasteiger partial charge in [-0.3, -0.25) is 0 Å². The Hall–Kier alpha value is -1.06. The largest absolute Gasteiger partial charge is 0.491 e. The molecule has 21 heavy (non-hydrogen) atoms. The molecule has 0 aliphatic heterocycles. The van der Waals surface area contributed by atoms with Gasteiger partial charge in [-0.25, -0.2) is 0 Å². The third-order valence-electron chi connectivity index (χ3n) is 4.00. The van der Waals surface area contributed by atoms with Crippen LogP contribution in [0.3, 0.4) is 0 Å². The van der Waals surface area contributed by atoms with E-state index in [2.05, 4.69) is 31.3 Å². The summed E-state index contributed by atoms with van der Waals surface area (Å²) >= 11 is 0. The van der Waals surface area contributed by atoms with Crippen molar-refractivity contribution in [2.24, 2.45) is 5.92 Å². The Kier molecular flexibility index (Phi) is 7.04. The Morgan fingerprint density at radius 2 is 2.05 bits per heavy atom. The van der Waals surface area contributed by atoms with E-state index in [9.17, 15) is 0 Å². The van der Waals surface area contributed by atoms with Gasteiger partial charge in [0.05, 0.1) is 6.61 Å². The lowest BCUT2D eigenvalue weighted by molar-refractivity contribution is 0.0812. The molecule has 0 bridgehead atoms. The number of benzene rings is 1. The highest BCUT2D eigenvalue weighted by atomic mass is 16.5. The van der Waals surface area contributed by atoms with Crippen LogP contribution >= 0.6 is 0 Å². The van der Waals surface area contributed by atoms with Crippen LogP contribution in [0.25, 0.3) is 0 Å². The summed E-state index contributed by atoms with van der Waals surface area (Å²) in [7, 11) is 0. The molecule has 1 N–H and O–H groups in total. The molecule has 1 aliphatic carbocycles. The molecule has 0 amide bonds. The molecule has 1 fully saturated rings. The van der Waals surface area contributed by atoms with Gasteiger partial charge < -0.3 is 14.8 Å². The SMILES string of the molecule is CC(C)NCc1cccc(OCCOCCC2CCC2)c1. The van der Waals surface area contributed by atoms with Gasteiger partial charge >= 0.3 is 0 Å². The van der Waals surface area contributed by atoms with Crippen molar-refractivity contribution in [1.29, 1.82) is 0 Å². The van der Waals surface area contributed by atoms with E-state index in [-0.39, 0.29) is 0 Å². The van der Waals surface area contributed by atoms with Gasteiger partial charge in [-0.2, -0.15) is 0 Å². The van der Waals surface area contributed by atoms with Crippen LogP contribution < -0.4 is 10.1 Å². The predicted molar refractivity (Wildman–Crippen MR) is 86.7 cm³/mol. The van der Waals surface area contributed by atoms with Crippen molar-refractivity contribution in [3.8, 4) is 5.75 Å². The van der Waals surface area contributed by atoms with Crippen molar-refractivity contribution in [2.45, 2.75) is 52.1 Å². The fourth-order valence-electron chi connectivity index (χ4n) is 2.42. The summed E-state index contributed by atoms with van der Waals surface area (Å²) in [5.41, 5.74) is 1.26. The fourth-order valence-corrected chi connectivity index (χ4v) is 2.42. The topological polar surface area (TPSA) is 30.5 Å². The molecule has 1 saturated carbocycles. The Morgan fingerprint density at radius 1 is 1.19 bits per heavy atom. The van der Waals surface area contributed by atoms with E-state index < -0.39 is 0 Å². The van der Waals surface area contributed by atoms with Crippen molar-refractivity contribution < 1.29 is 9.47 Å². The molecule has 0 atom stereocenters. The molecule has 0 aromatic heterocycles. The van der Waals surface area contributed by atoms with Crippen molar-refractivity contribution in [2.75, 3.05) is 19.8 Å². The molecule has 3 nitrogen and oxygen atoms in total. The molecule has 0 spiro atoms. The highest BCUT2D eigenvalue weighted by molar-refractivity contribution is 5.28. The maximum Gasteiger partial charge on any atom is 0.119 e. The van der Waals surface area contributed by atoms with E-state index in [1.54, 1.807) is 0 Å². The minimum Gasteiger partial charge on any atom is -0.491 e. The molecule has 1 aliphatic rings. The number of rotatable bonds is 10. The van der Waals surface area contributed by atoms with Crippen LogP contribution in [0.2, 0.25) is 0 Å². The zero-order valence-electron chi connectivity index (χ0n) is 13.4. The highest BCUT2D eigenvalue weighted by Gasteiger charge is 2.16. The van der Waals surface area contributed by atoms with Gasteiger partial charge in [0.25, 0.3) is 0 Å². The lowest BCUT2D eigenvalue weighted by atomic mass is 9.83. The van der Waals surface area contributed by atoms with Crippen LogP contribution in [-0.2, 0) is 11.3 Å². The molecular weight excluding hydrogens is 262 g/mol. The van der Waals surface area contributed by atoms with Crippen LogP contribution in [0.1, 0.15) is 45.1 Å². The Labute approximate surface area is 129 Å². The maximum absolute atomic E-state index is 5.75. The number of ether oxygens (including phenoxy) is 2. The standard InChI is InChI=1S/C18H29NO2/c1-15(2)19-14-17-7-4-8-18(13-17)21-12-11-20-10-9-16-5-3-6-16/h4,7-8,13,15-16,19H,3,5-6,9-12,14H2,1-2H3. The minimum absolute atomic E-state index is 0.499. The van der Waals surface area contributed by atoms with E-state index in [1.165, 1.54) is 31.2 Å². The van der Waals surface area contributed by atoms with Gasteiger partial charge in [0.1, 0.15) is 12.4 Å². The molecule has 0 unspecified atom stereocenters. The summed E-state index contributed by atoms with van der Waals surface area (Å²) in [5, 5.41) is 3.41. The van der Waals surface area contributed by atoms with E-state index in [4.69, 9.17) is 9.47 Å². The molecule has 0 heterocycles. The van der Waals surface area contributed by atoms with Crippen LogP contribution in [0.5, 0.6) is 5.75 Å². The minimum atomic E-state index is 0.499. The second kappa shape index (κ2) is 9.06. The average molecular weight is 291 g/mol. The third kappa shape index (κ3) is 6.49. The number of hydrogen-bond acceptors (Lipinski definition) is 3. The zero-order valence-corrected chi connectivity index (χ0v) is 13.4. The molecule has 0 radical (unpaired) electrons. The van der Waals surface area contributed by atoms with Gasteiger partial charge in [0, 0.05) is 19.2 Å². The van der Waals surface area contributed by atoms with Crippen molar-refractivity contribution in [1.82, 2.24) is 5.32 Å². The molecule has 2 rings (SSSR count). The Balaban J connectivity index is 1.57. The summed E-state index contributed by atoms with van der Waals surface area (Å²) in [4.78, 5) is 0. The molecule has 1 aromatic carbocycles. The zero-order chi connectivity index (χ0) is 14.9. The number of hydrogen-bond donors (Lipinski definition) is 1. The van der Waals surface area contributed by atoms with Gasteiger partial charge in [0.2, 0.25) is 0 Å². The van der Waals surface area contributed by atoms with Gasteiger partial charge in [-0.15, -0.1) is 0 Å². The summed E-state index contributed by atoms with van der Waals surface area (Å²) in [6.07, 6.45) is 5.43. The molecule has 118 valence electrons. The summed E-state index contributed by atoms with van der Waals surface area (Å²) in [5.74, 6) is 1.86. The smallest absolute Gasteiger partial charge is 0.119 e. The third-order valence-corrected chi connectivity index (χ3v) is 4.00. The van der Waals surface area contributed by atoms with E-state index in [0.29, 0.717) is 19.3 Å². The molecular formula is C18H29NO2. The monoisotopic (exact) mass is 291 g/mol. The quantitative estimate of drug-likeness (QED) is 0.666. The van der Waals surface area contributed by atoms with Gasteiger partial charge in [0.15, 0.2) is 0 Å². The molecule has 1 aromatic rings. The lowest BCUT2D eigenvalue weighted by Gasteiger charge is -2.24. The molecule has 0 saturated heterocycles. The van der Waals surface area contributed by atoms with E-state index in [0.717, 1.165) is 24.8 Å². The van der Waals surface area contributed by atoms with Crippen molar-refractivity contribution in [3.63, 3.8) is 0 Å². The Bertz CT molecular complexity index is 402. The van der Waals surface area contributed by atoms with Crippen LogP contribution in [-0.4, -0.2) is 25.9 Å². The van der Waals surface area contributed by atoms with Crippen molar-refractivity contribution >= 4 is 0 Å². The van der Waals surface area contributed by atoms with Crippen LogP contribution in [0.4, 0.5) is 0 Å². The summed E-state index contributed by atoms with van der Waals surface area (Å²) in [6, 6.07) is 8.77. The average Bonchev–Trinajstić information content (AvgIpc) is 2.43. The first kappa shape index (κ1) is 16.3. The number of nitrogens with one attached hydrogen (secondary N) is 1. The normalized spacial score (nSPS) is 15.2.